The predicted molar refractivity (Wildman–Crippen MR) is 72.1 cm³/mol. The van der Waals surface area contributed by atoms with E-state index in [1.165, 1.54) is 10.4 Å². The van der Waals surface area contributed by atoms with Crippen LogP contribution in [0, 0.1) is 5.82 Å². The molecule has 2 atom stereocenters. The number of anilines is 1. The molecule has 0 aromatic heterocycles. The maximum atomic E-state index is 13.3. The van der Waals surface area contributed by atoms with Crippen LogP contribution in [0.5, 0.6) is 0 Å². The predicted octanol–water partition coefficient (Wildman–Crippen LogP) is 1.35. The standard InChI is InChI=1S/C13H17FN2O3S/c14-9-4-5-10(15)13(8-9)20(17,18)16-6-7-19-12-3-1-2-11(12)16/h4-5,8,11-12H,1-3,6-7,15H2. The minimum atomic E-state index is -3.78. The molecule has 2 fully saturated rings. The minimum Gasteiger partial charge on any atom is -0.398 e. The summed E-state index contributed by atoms with van der Waals surface area (Å²) in [5.74, 6) is -0.603. The van der Waals surface area contributed by atoms with Crippen molar-refractivity contribution in [1.82, 2.24) is 4.31 Å². The zero-order chi connectivity index (χ0) is 14.3. The summed E-state index contributed by atoms with van der Waals surface area (Å²) in [6.07, 6.45) is 2.54. The number of fused-ring (bicyclic) bond motifs is 1. The lowest BCUT2D eigenvalue weighted by Crippen LogP contribution is -2.51. The highest BCUT2D eigenvalue weighted by atomic mass is 32.2. The van der Waals surface area contributed by atoms with Gasteiger partial charge in [0, 0.05) is 6.54 Å². The third kappa shape index (κ3) is 2.19. The highest BCUT2D eigenvalue weighted by Gasteiger charge is 2.42. The zero-order valence-corrected chi connectivity index (χ0v) is 11.8. The summed E-state index contributed by atoms with van der Waals surface area (Å²) < 4.78 is 45.8. The molecule has 5 nitrogen and oxygen atoms in total. The molecule has 0 radical (unpaired) electrons. The fourth-order valence-electron chi connectivity index (χ4n) is 3.05. The number of rotatable bonds is 2. The van der Waals surface area contributed by atoms with E-state index in [0.717, 1.165) is 31.4 Å². The summed E-state index contributed by atoms with van der Waals surface area (Å²) in [6.45, 7) is 0.662. The first-order valence-electron chi connectivity index (χ1n) is 6.68. The molecule has 1 aromatic carbocycles. The first-order chi connectivity index (χ1) is 9.50. The Balaban J connectivity index is 2.00. The molecule has 1 heterocycles. The molecule has 1 aromatic rings. The van der Waals surface area contributed by atoms with Gasteiger partial charge >= 0.3 is 0 Å². The van der Waals surface area contributed by atoms with Gasteiger partial charge in [-0.2, -0.15) is 4.31 Å². The molecule has 2 N–H and O–H groups in total. The maximum absolute atomic E-state index is 13.3. The molecule has 0 amide bonds. The number of nitrogens with zero attached hydrogens (tertiary/aromatic N) is 1. The average molecular weight is 300 g/mol. The van der Waals surface area contributed by atoms with Gasteiger partial charge in [0.15, 0.2) is 0 Å². The molecule has 3 rings (SSSR count). The monoisotopic (exact) mass is 300 g/mol. The summed E-state index contributed by atoms with van der Waals surface area (Å²) >= 11 is 0. The second kappa shape index (κ2) is 4.98. The lowest BCUT2D eigenvalue weighted by atomic mass is 10.2. The van der Waals surface area contributed by atoms with Crippen LogP contribution in [0.1, 0.15) is 19.3 Å². The molecule has 1 saturated carbocycles. The molecule has 1 aliphatic heterocycles. The SMILES string of the molecule is Nc1ccc(F)cc1S(=O)(=O)N1CCOC2CCCC21. The van der Waals surface area contributed by atoms with Gasteiger partial charge < -0.3 is 10.5 Å². The van der Waals surface area contributed by atoms with Crippen molar-refractivity contribution >= 4 is 15.7 Å². The topological polar surface area (TPSA) is 72.6 Å². The number of nitrogen functional groups attached to an aromatic ring is 1. The first-order valence-corrected chi connectivity index (χ1v) is 8.12. The molecular weight excluding hydrogens is 283 g/mol. The van der Waals surface area contributed by atoms with E-state index in [1.54, 1.807) is 0 Å². The van der Waals surface area contributed by atoms with Gasteiger partial charge in [-0.05, 0) is 37.5 Å². The van der Waals surface area contributed by atoms with Gasteiger partial charge in [-0.3, -0.25) is 0 Å². The fraction of sp³-hybridized carbons (Fsp3) is 0.538. The van der Waals surface area contributed by atoms with Crippen molar-refractivity contribution < 1.29 is 17.5 Å². The Morgan fingerprint density at radius 1 is 1.35 bits per heavy atom. The Kier molecular flexibility index (Phi) is 3.43. The van der Waals surface area contributed by atoms with Gasteiger partial charge in [0.1, 0.15) is 10.7 Å². The molecule has 7 heteroatoms. The summed E-state index contributed by atoms with van der Waals surface area (Å²) in [6, 6.07) is 3.28. The van der Waals surface area contributed by atoms with E-state index in [-0.39, 0.29) is 22.7 Å². The van der Waals surface area contributed by atoms with Gasteiger partial charge in [-0.25, -0.2) is 12.8 Å². The van der Waals surface area contributed by atoms with Gasteiger partial charge in [0.05, 0.1) is 24.4 Å². The largest absolute Gasteiger partial charge is 0.398 e. The van der Waals surface area contributed by atoms with E-state index in [9.17, 15) is 12.8 Å². The number of hydrogen-bond acceptors (Lipinski definition) is 4. The quantitative estimate of drug-likeness (QED) is 0.837. The molecule has 20 heavy (non-hydrogen) atoms. The molecule has 0 spiro atoms. The highest BCUT2D eigenvalue weighted by molar-refractivity contribution is 7.89. The van der Waals surface area contributed by atoms with Gasteiger partial charge in [0.25, 0.3) is 0 Å². The highest BCUT2D eigenvalue weighted by Crippen LogP contribution is 2.34. The van der Waals surface area contributed by atoms with Crippen LogP contribution in [0.3, 0.4) is 0 Å². The Morgan fingerprint density at radius 3 is 2.95 bits per heavy atom. The Morgan fingerprint density at radius 2 is 2.15 bits per heavy atom. The van der Waals surface area contributed by atoms with E-state index in [4.69, 9.17) is 10.5 Å². The molecule has 0 bridgehead atoms. The lowest BCUT2D eigenvalue weighted by molar-refractivity contribution is -0.0241. The van der Waals surface area contributed by atoms with E-state index in [1.807, 2.05) is 0 Å². The smallest absolute Gasteiger partial charge is 0.245 e. The zero-order valence-electron chi connectivity index (χ0n) is 11.0. The van der Waals surface area contributed by atoms with E-state index in [2.05, 4.69) is 0 Å². The average Bonchev–Trinajstić information content (AvgIpc) is 2.89. The summed E-state index contributed by atoms with van der Waals surface area (Å²) in [5.41, 5.74) is 5.79. The lowest BCUT2D eigenvalue weighted by Gasteiger charge is -2.36. The Hall–Kier alpha value is -1.18. The number of ether oxygens (including phenoxy) is 1. The fourth-order valence-corrected chi connectivity index (χ4v) is 4.84. The van der Waals surface area contributed by atoms with Crippen LogP contribution < -0.4 is 5.73 Å². The molecule has 1 aliphatic carbocycles. The second-order valence-electron chi connectivity index (χ2n) is 5.21. The van der Waals surface area contributed by atoms with Crippen molar-refractivity contribution in [3.8, 4) is 0 Å². The van der Waals surface area contributed by atoms with Gasteiger partial charge in [-0.15, -0.1) is 0 Å². The van der Waals surface area contributed by atoms with Gasteiger partial charge in [-0.1, -0.05) is 0 Å². The van der Waals surface area contributed by atoms with Crippen molar-refractivity contribution in [1.29, 1.82) is 0 Å². The first kappa shape index (κ1) is 13.8. The molecule has 110 valence electrons. The number of morpholine rings is 1. The maximum Gasteiger partial charge on any atom is 0.245 e. The van der Waals surface area contributed by atoms with Gasteiger partial charge in [0.2, 0.25) is 10.0 Å². The van der Waals surface area contributed by atoms with E-state index in [0.29, 0.717) is 13.2 Å². The number of nitrogens with two attached hydrogens (primary N) is 1. The third-order valence-electron chi connectivity index (χ3n) is 3.99. The van der Waals surface area contributed by atoms with Crippen molar-refractivity contribution in [2.24, 2.45) is 0 Å². The number of halogens is 1. The molecule has 2 unspecified atom stereocenters. The number of benzene rings is 1. The second-order valence-corrected chi connectivity index (χ2v) is 7.06. The van der Waals surface area contributed by atoms with Crippen LogP contribution in [-0.4, -0.2) is 38.0 Å². The van der Waals surface area contributed by atoms with Crippen molar-refractivity contribution in [2.75, 3.05) is 18.9 Å². The molecule has 1 saturated heterocycles. The van der Waals surface area contributed by atoms with Crippen molar-refractivity contribution in [2.45, 2.75) is 36.3 Å². The van der Waals surface area contributed by atoms with Crippen molar-refractivity contribution in [3.05, 3.63) is 24.0 Å². The van der Waals surface area contributed by atoms with Crippen molar-refractivity contribution in [3.63, 3.8) is 0 Å². The normalized spacial score (nSPS) is 27.4. The summed E-state index contributed by atoms with van der Waals surface area (Å²) in [7, 11) is -3.78. The number of sulfonamides is 1. The van der Waals surface area contributed by atoms with Crippen LogP contribution in [0.15, 0.2) is 23.1 Å². The summed E-state index contributed by atoms with van der Waals surface area (Å²) in [4.78, 5) is -0.148. The van der Waals surface area contributed by atoms with Crippen LogP contribution in [0.2, 0.25) is 0 Å². The molecular formula is C13H17FN2O3S. The Labute approximate surface area is 117 Å². The minimum absolute atomic E-state index is 0.0479. The Bertz CT molecular complexity index is 620. The van der Waals surface area contributed by atoms with Crippen LogP contribution in [0.4, 0.5) is 10.1 Å². The van der Waals surface area contributed by atoms with Crippen LogP contribution in [-0.2, 0) is 14.8 Å². The third-order valence-corrected chi connectivity index (χ3v) is 5.97. The van der Waals surface area contributed by atoms with E-state index >= 15 is 0 Å². The number of hydrogen-bond donors (Lipinski definition) is 1. The van der Waals surface area contributed by atoms with Crippen LogP contribution in [0.25, 0.3) is 0 Å². The molecule has 2 aliphatic rings. The van der Waals surface area contributed by atoms with E-state index < -0.39 is 15.8 Å². The van der Waals surface area contributed by atoms with Crippen LogP contribution >= 0.6 is 0 Å². The summed E-state index contributed by atoms with van der Waals surface area (Å²) in [5, 5.41) is 0.